The molecular formula is C29H31ClN4O3S. The lowest BCUT2D eigenvalue weighted by Crippen LogP contribution is -2.40. The molecule has 198 valence electrons. The van der Waals surface area contributed by atoms with Crippen molar-refractivity contribution in [2.75, 3.05) is 36.7 Å². The summed E-state index contributed by atoms with van der Waals surface area (Å²) in [7, 11) is -3.44. The molecule has 5 rings (SSSR count). The first-order valence-electron chi connectivity index (χ1n) is 12.7. The van der Waals surface area contributed by atoms with Crippen LogP contribution in [0.3, 0.4) is 0 Å². The Morgan fingerprint density at radius 3 is 2.42 bits per heavy atom. The Bertz CT molecular complexity index is 1540. The van der Waals surface area contributed by atoms with Gasteiger partial charge in [-0.15, -0.1) is 0 Å². The van der Waals surface area contributed by atoms with Crippen molar-refractivity contribution >= 4 is 49.6 Å². The van der Waals surface area contributed by atoms with E-state index in [1.807, 2.05) is 36.4 Å². The van der Waals surface area contributed by atoms with E-state index < -0.39 is 10.0 Å². The second-order valence-electron chi connectivity index (χ2n) is 9.62. The highest BCUT2D eigenvalue weighted by Gasteiger charge is 2.21. The van der Waals surface area contributed by atoms with Crippen LogP contribution in [0.2, 0.25) is 5.02 Å². The highest BCUT2D eigenvalue weighted by atomic mass is 35.5. The van der Waals surface area contributed by atoms with Crippen LogP contribution >= 0.6 is 11.6 Å². The van der Waals surface area contributed by atoms with Gasteiger partial charge in [0.1, 0.15) is 0 Å². The van der Waals surface area contributed by atoms with Gasteiger partial charge in [-0.2, -0.15) is 0 Å². The van der Waals surface area contributed by atoms with Gasteiger partial charge in [0.05, 0.1) is 34.4 Å². The third-order valence-corrected chi connectivity index (χ3v) is 8.30. The molecule has 7 nitrogen and oxygen atoms in total. The molecule has 1 aliphatic heterocycles. The standard InChI is InChI=1S/C29H31ClN4O3S/c1-38(36,37)34(19-18-33-16-6-3-7-17-33)24-13-11-23(12-14-24)31-28(21-8-4-2-5-9-21)27-25-15-10-22(30)20-26(25)32-29(27)35/h2,4-5,8-15,20,32,35H,3,6-7,16-19H2,1H3. The van der Waals surface area contributed by atoms with Crippen LogP contribution in [0, 0.1) is 0 Å². The van der Waals surface area contributed by atoms with Crippen molar-refractivity contribution in [1.29, 1.82) is 0 Å². The van der Waals surface area contributed by atoms with Gasteiger partial charge in [-0.25, -0.2) is 13.4 Å². The molecular weight excluding hydrogens is 520 g/mol. The number of rotatable bonds is 8. The van der Waals surface area contributed by atoms with Gasteiger partial charge in [0.15, 0.2) is 5.88 Å². The van der Waals surface area contributed by atoms with Crippen LogP contribution < -0.4 is 4.31 Å². The van der Waals surface area contributed by atoms with E-state index in [9.17, 15) is 13.5 Å². The summed E-state index contributed by atoms with van der Waals surface area (Å²) in [6.07, 6.45) is 4.81. The highest BCUT2D eigenvalue weighted by Crippen LogP contribution is 2.33. The van der Waals surface area contributed by atoms with Crippen molar-refractivity contribution < 1.29 is 13.5 Å². The number of benzene rings is 3. The molecule has 3 aromatic carbocycles. The fourth-order valence-electron chi connectivity index (χ4n) is 4.98. The molecule has 1 aliphatic rings. The summed E-state index contributed by atoms with van der Waals surface area (Å²) in [6.45, 7) is 3.14. The van der Waals surface area contributed by atoms with Gasteiger partial charge in [0.2, 0.25) is 10.0 Å². The number of aromatic amines is 1. The maximum atomic E-state index is 12.6. The highest BCUT2D eigenvalue weighted by molar-refractivity contribution is 7.92. The lowest BCUT2D eigenvalue weighted by Gasteiger charge is -2.30. The van der Waals surface area contributed by atoms with Gasteiger partial charge in [-0.1, -0.05) is 54.4 Å². The van der Waals surface area contributed by atoms with Gasteiger partial charge < -0.3 is 15.0 Å². The van der Waals surface area contributed by atoms with E-state index in [1.54, 1.807) is 36.4 Å². The summed E-state index contributed by atoms with van der Waals surface area (Å²) in [6, 6.07) is 22.2. The zero-order valence-electron chi connectivity index (χ0n) is 21.3. The second-order valence-corrected chi connectivity index (χ2v) is 12.0. The molecule has 1 fully saturated rings. The number of nitrogens with zero attached hydrogens (tertiary/aromatic N) is 3. The first-order chi connectivity index (χ1) is 18.3. The van der Waals surface area contributed by atoms with Crippen LogP contribution in [0.4, 0.5) is 11.4 Å². The number of sulfonamides is 1. The van der Waals surface area contributed by atoms with Crippen LogP contribution in [-0.4, -0.2) is 61.6 Å². The lowest BCUT2D eigenvalue weighted by molar-refractivity contribution is 0.235. The molecule has 0 saturated carbocycles. The topological polar surface area (TPSA) is 89.0 Å². The molecule has 0 amide bonds. The van der Waals surface area contributed by atoms with Crippen molar-refractivity contribution in [3.8, 4) is 5.88 Å². The Balaban J connectivity index is 1.49. The van der Waals surface area contributed by atoms with E-state index in [0.717, 1.165) is 36.9 Å². The van der Waals surface area contributed by atoms with Crippen molar-refractivity contribution in [3.63, 3.8) is 0 Å². The van der Waals surface area contributed by atoms with Gasteiger partial charge in [-0.05, 0) is 62.3 Å². The zero-order chi connectivity index (χ0) is 26.7. The Morgan fingerprint density at radius 2 is 1.74 bits per heavy atom. The van der Waals surface area contributed by atoms with E-state index in [0.29, 0.717) is 46.3 Å². The van der Waals surface area contributed by atoms with Gasteiger partial charge in [0, 0.05) is 29.1 Å². The van der Waals surface area contributed by atoms with Crippen LogP contribution in [-0.2, 0) is 10.0 Å². The molecule has 1 aromatic heterocycles. The third kappa shape index (κ3) is 5.88. The minimum Gasteiger partial charge on any atom is -0.494 e. The molecule has 38 heavy (non-hydrogen) atoms. The summed E-state index contributed by atoms with van der Waals surface area (Å²) < 4.78 is 26.7. The summed E-state index contributed by atoms with van der Waals surface area (Å²) in [5.41, 5.74) is 3.96. The number of H-pyrrole nitrogens is 1. The molecule has 0 spiro atoms. The Morgan fingerprint density at radius 1 is 1.03 bits per heavy atom. The summed E-state index contributed by atoms with van der Waals surface area (Å²) in [4.78, 5) is 10.2. The first kappa shape index (κ1) is 26.3. The van der Waals surface area contributed by atoms with Crippen LogP contribution in [0.1, 0.15) is 30.4 Å². The van der Waals surface area contributed by atoms with Crippen molar-refractivity contribution in [1.82, 2.24) is 9.88 Å². The second kappa shape index (κ2) is 11.2. The number of halogens is 1. The predicted octanol–water partition coefficient (Wildman–Crippen LogP) is 5.95. The largest absolute Gasteiger partial charge is 0.494 e. The molecule has 1 saturated heterocycles. The minimum absolute atomic E-state index is 0.00227. The average Bonchev–Trinajstić information content (AvgIpc) is 3.23. The number of aromatic hydroxyl groups is 1. The molecule has 0 atom stereocenters. The number of likely N-dealkylation sites (tertiary alicyclic amines) is 1. The summed E-state index contributed by atoms with van der Waals surface area (Å²) in [5.74, 6) is 0.00227. The smallest absolute Gasteiger partial charge is 0.232 e. The SMILES string of the molecule is CS(=O)(=O)N(CCN1CCCCC1)c1ccc(N=C(c2ccccc2)c2c(O)[nH]c3cc(Cl)ccc23)cc1. The number of aromatic nitrogens is 1. The fraction of sp³-hybridized carbons (Fsp3) is 0.276. The summed E-state index contributed by atoms with van der Waals surface area (Å²) in [5, 5.41) is 12.2. The Kier molecular flexibility index (Phi) is 7.74. The van der Waals surface area contributed by atoms with Crippen LogP contribution in [0.25, 0.3) is 10.9 Å². The predicted molar refractivity (Wildman–Crippen MR) is 156 cm³/mol. The minimum atomic E-state index is -3.44. The first-order valence-corrected chi connectivity index (χ1v) is 15.0. The third-order valence-electron chi connectivity index (χ3n) is 6.87. The maximum absolute atomic E-state index is 12.6. The molecule has 0 radical (unpaired) electrons. The number of nitrogens with one attached hydrogen (secondary N) is 1. The van der Waals surface area contributed by atoms with E-state index in [1.165, 1.54) is 17.0 Å². The van der Waals surface area contributed by atoms with Gasteiger partial charge in [0.25, 0.3) is 0 Å². The molecule has 2 N–H and O–H groups in total. The number of piperidine rings is 1. The molecule has 9 heteroatoms. The van der Waals surface area contributed by atoms with Crippen LogP contribution in [0.15, 0.2) is 77.8 Å². The quantitative estimate of drug-likeness (QED) is 0.265. The monoisotopic (exact) mass is 550 g/mol. The van der Waals surface area contributed by atoms with E-state index in [2.05, 4.69) is 9.88 Å². The Hall–Kier alpha value is -3.33. The molecule has 0 aliphatic carbocycles. The number of hydrogen-bond acceptors (Lipinski definition) is 5. The van der Waals surface area contributed by atoms with Crippen molar-refractivity contribution in [2.24, 2.45) is 4.99 Å². The maximum Gasteiger partial charge on any atom is 0.232 e. The number of fused-ring (bicyclic) bond motifs is 1. The number of anilines is 1. The number of aliphatic imine (C=N–C) groups is 1. The van der Waals surface area contributed by atoms with Gasteiger partial charge >= 0.3 is 0 Å². The fourth-order valence-corrected chi connectivity index (χ4v) is 6.07. The average molecular weight is 551 g/mol. The van der Waals surface area contributed by atoms with E-state index in [4.69, 9.17) is 16.6 Å². The number of hydrogen-bond donors (Lipinski definition) is 2. The molecule has 0 bridgehead atoms. The summed E-state index contributed by atoms with van der Waals surface area (Å²) >= 11 is 6.16. The lowest BCUT2D eigenvalue weighted by atomic mass is 10.0. The zero-order valence-corrected chi connectivity index (χ0v) is 22.8. The Labute approximate surface area is 228 Å². The molecule has 0 unspecified atom stereocenters. The molecule has 4 aromatic rings. The van der Waals surface area contributed by atoms with Crippen molar-refractivity contribution in [2.45, 2.75) is 19.3 Å². The van der Waals surface area contributed by atoms with Crippen molar-refractivity contribution in [3.05, 3.63) is 88.9 Å². The van der Waals surface area contributed by atoms with Crippen LogP contribution in [0.5, 0.6) is 5.88 Å². The van der Waals surface area contributed by atoms with E-state index >= 15 is 0 Å². The van der Waals surface area contributed by atoms with E-state index in [-0.39, 0.29) is 5.88 Å². The normalized spacial score (nSPS) is 15.2. The molecule has 2 heterocycles. The van der Waals surface area contributed by atoms with Gasteiger partial charge in [-0.3, -0.25) is 4.31 Å².